The Hall–Kier alpha value is -5.14. The first-order chi connectivity index (χ1) is 23.8. The Morgan fingerprint density at radius 1 is 0.469 bits per heavy atom. The summed E-state index contributed by atoms with van der Waals surface area (Å²) in [6.07, 6.45) is 2.57. The number of hydrogen-bond acceptors (Lipinski definition) is 5. The fourth-order valence-electron chi connectivity index (χ4n) is 7.13. The van der Waals surface area contributed by atoms with E-state index >= 15 is 0 Å². The van der Waals surface area contributed by atoms with Crippen molar-refractivity contribution in [3.63, 3.8) is 0 Å². The van der Waals surface area contributed by atoms with E-state index in [-0.39, 0.29) is 23.1 Å². The smallest absolute Gasteiger partial charge is 0.202 e. The van der Waals surface area contributed by atoms with Crippen LogP contribution in [0.25, 0.3) is 43.6 Å². The summed E-state index contributed by atoms with van der Waals surface area (Å²) in [6, 6.07) is 26.6. The third-order valence-electron chi connectivity index (χ3n) is 9.54. The van der Waals surface area contributed by atoms with E-state index in [4.69, 9.17) is 0 Å². The van der Waals surface area contributed by atoms with Crippen LogP contribution in [0.15, 0.2) is 84.9 Å². The van der Waals surface area contributed by atoms with Crippen molar-refractivity contribution in [2.45, 2.75) is 66.5 Å². The van der Waals surface area contributed by atoms with Crippen LogP contribution in [0.1, 0.15) is 105 Å². The molecular formula is C42H38N2O4S. The maximum Gasteiger partial charge on any atom is 0.202 e. The molecule has 0 radical (unpaired) electrons. The second-order valence-electron chi connectivity index (χ2n) is 12.6. The molecule has 0 fully saturated rings. The van der Waals surface area contributed by atoms with Crippen LogP contribution in [-0.2, 0) is 13.1 Å². The Kier molecular flexibility index (Phi) is 8.63. The number of thiophene rings is 1. The Morgan fingerprint density at radius 3 is 1.12 bits per heavy atom. The van der Waals surface area contributed by atoms with Crippen LogP contribution in [-0.4, -0.2) is 32.3 Å². The number of carbonyl (C=O) groups excluding carboxylic acids is 4. The minimum atomic E-state index is -0.146. The number of nitrogens with zero attached hydrogens (tertiary/aromatic N) is 2. The van der Waals surface area contributed by atoms with E-state index in [9.17, 15) is 19.2 Å². The highest BCUT2D eigenvalue weighted by Gasteiger charge is 2.21. The van der Waals surface area contributed by atoms with Crippen molar-refractivity contribution >= 4 is 78.1 Å². The van der Waals surface area contributed by atoms with E-state index in [1.807, 2.05) is 86.6 Å². The number of Topliss-reactive ketones (excluding diaryl/α,β-unsaturated/α-hetero) is 2. The number of hydrogen-bond donors (Lipinski definition) is 0. The highest BCUT2D eigenvalue weighted by Crippen LogP contribution is 2.34. The van der Waals surface area contributed by atoms with Gasteiger partial charge in [0.15, 0.2) is 11.6 Å². The van der Waals surface area contributed by atoms with Crippen LogP contribution >= 0.6 is 11.3 Å². The summed E-state index contributed by atoms with van der Waals surface area (Å²) in [4.78, 5) is 54.1. The van der Waals surface area contributed by atoms with Crippen molar-refractivity contribution in [2.75, 3.05) is 0 Å². The fourth-order valence-corrected chi connectivity index (χ4v) is 8.06. The predicted molar refractivity (Wildman–Crippen MR) is 200 cm³/mol. The van der Waals surface area contributed by atoms with Gasteiger partial charge in [0.2, 0.25) is 11.6 Å². The lowest BCUT2D eigenvalue weighted by Gasteiger charge is -2.04. The normalized spacial score (nSPS) is 11.7. The molecule has 0 unspecified atom stereocenters. The molecule has 4 aromatic carbocycles. The summed E-state index contributed by atoms with van der Waals surface area (Å²) in [5, 5.41) is 3.77. The van der Waals surface area contributed by atoms with E-state index in [0.29, 0.717) is 44.8 Å². The first-order valence-corrected chi connectivity index (χ1v) is 18.0. The van der Waals surface area contributed by atoms with Crippen molar-refractivity contribution in [3.8, 4) is 0 Å². The fraction of sp³-hybridized carbons (Fsp3) is 0.238. The van der Waals surface area contributed by atoms with Gasteiger partial charge < -0.3 is 9.13 Å². The second-order valence-corrected chi connectivity index (χ2v) is 13.7. The van der Waals surface area contributed by atoms with Gasteiger partial charge in [-0.05, 0) is 112 Å². The molecule has 246 valence electrons. The molecule has 0 aliphatic carbocycles. The van der Waals surface area contributed by atoms with Gasteiger partial charge in [0.25, 0.3) is 0 Å². The van der Waals surface area contributed by atoms with E-state index in [0.717, 1.165) is 69.5 Å². The Bertz CT molecular complexity index is 2300. The molecule has 0 N–H and O–H groups in total. The highest BCUT2D eigenvalue weighted by atomic mass is 32.1. The van der Waals surface area contributed by atoms with E-state index < -0.39 is 0 Å². The first kappa shape index (κ1) is 32.4. The zero-order valence-electron chi connectivity index (χ0n) is 28.3. The summed E-state index contributed by atoms with van der Waals surface area (Å²) in [5.41, 5.74) is 6.53. The van der Waals surface area contributed by atoms with Gasteiger partial charge in [-0.2, -0.15) is 0 Å². The molecule has 0 bridgehead atoms. The monoisotopic (exact) mass is 666 g/mol. The quantitative estimate of drug-likeness (QED) is 0.122. The molecule has 6 nitrogen and oxygen atoms in total. The maximum absolute atomic E-state index is 13.8. The van der Waals surface area contributed by atoms with Gasteiger partial charge in [-0.25, -0.2) is 0 Å². The van der Waals surface area contributed by atoms with Gasteiger partial charge in [-0.3, -0.25) is 19.2 Å². The minimum absolute atomic E-state index is 0.118. The average Bonchev–Trinajstić information content (AvgIpc) is 3.83. The summed E-state index contributed by atoms with van der Waals surface area (Å²) in [5.74, 6) is -0.0570. The summed E-state index contributed by atoms with van der Waals surface area (Å²) in [6.45, 7) is 9.69. The van der Waals surface area contributed by atoms with Gasteiger partial charge in [0, 0.05) is 91.8 Å². The number of fused-ring (bicyclic) bond motifs is 6. The van der Waals surface area contributed by atoms with Crippen LogP contribution < -0.4 is 0 Å². The molecule has 0 atom stereocenters. The van der Waals surface area contributed by atoms with Crippen molar-refractivity contribution in [1.82, 2.24) is 9.13 Å². The molecule has 7 aromatic rings. The topological polar surface area (TPSA) is 78.1 Å². The molecule has 0 aliphatic rings. The zero-order valence-corrected chi connectivity index (χ0v) is 29.1. The highest BCUT2D eigenvalue weighted by molar-refractivity contribution is 7.16. The molecule has 3 aromatic heterocycles. The minimum Gasteiger partial charge on any atom is -0.341 e. The number of aromatic nitrogens is 2. The van der Waals surface area contributed by atoms with Crippen LogP contribution in [0, 0.1) is 0 Å². The zero-order chi connectivity index (χ0) is 34.4. The van der Waals surface area contributed by atoms with Crippen LogP contribution in [0.4, 0.5) is 0 Å². The largest absolute Gasteiger partial charge is 0.341 e. The Balaban J connectivity index is 1.23. The van der Waals surface area contributed by atoms with E-state index in [1.165, 1.54) is 11.3 Å². The van der Waals surface area contributed by atoms with Gasteiger partial charge >= 0.3 is 0 Å². The SMILES string of the molecule is CCCC(=O)c1ccc2c(c1)c1cc(C(=O)c3ccc(C(=O)c4ccc5c(c4)c4cc(C(=O)CCC)ccc4n5CC)s3)ccc1n2CC. The summed E-state index contributed by atoms with van der Waals surface area (Å²) in [7, 11) is 0. The number of benzene rings is 4. The molecule has 7 rings (SSSR count). The van der Waals surface area contributed by atoms with E-state index in [2.05, 4.69) is 23.0 Å². The number of carbonyl (C=O) groups is 4. The lowest BCUT2D eigenvalue weighted by molar-refractivity contribution is 0.0974. The van der Waals surface area contributed by atoms with Gasteiger partial charge in [-0.1, -0.05) is 13.8 Å². The standard InChI is InChI=1S/C42H38N2O4S/c1-5-9-37(45)25-11-15-33-29(21-25)31-23-27(13-17-35(31)43(33)7-3)41(47)39-19-20-40(49-39)42(48)28-14-18-36-32(24-28)30-22-26(38(46)10-6-2)12-16-34(30)44(36)8-4/h11-24H,5-10H2,1-4H3. The average molecular weight is 667 g/mol. The van der Waals surface area contributed by atoms with Crippen molar-refractivity contribution < 1.29 is 19.2 Å². The van der Waals surface area contributed by atoms with Gasteiger partial charge in [0.05, 0.1) is 9.75 Å². The molecule has 49 heavy (non-hydrogen) atoms. The number of ketones is 4. The van der Waals surface area contributed by atoms with Gasteiger partial charge in [-0.15, -0.1) is 11.3 Å². The Morgan fingerprint density at radius 2 is 0.796 bits per heavy atom. The molecule has 3 heterocycles. The molecular weight excluding hydrogens is 629 g/mol. The molecule has 0 spiro atoms. The Labute approximate surface area is 289 Å². The predicted octanol–water partition coefficient (Wildman–Crippen LogP) is 10.4. The summed E-state index contributed by atoms with van der Waals surface area (Å²) >= 11 is 1.20. The third-order valence-corrected chi connectivity index (χ3v) is 10.6. The van der Waals surface area contributed by atoms with Gasteiger partial charge in [0.1, 0.15) is 0 Å². The van der Waals surface area contributed by atoms with Crippen LogP contribution in [0.2, 0.25) is 0 Å². The second kappa shape index (κ2) is 13.1. The summed E-state index contributed by atoms with van der Waals surface area (Å²) < 4.78 is 4.40. The molecule has 0 saturated carbocycles. The van der Waals surface area contributed by atoms with E-state index in [1.54, 1.807) is 12.1 Å². The van der Waals surface area contributed by atoms with Crippen LogP contribution in [0.5, 0.6) is 0 Å². The molecule has 0 amide bonds. The molecule has 7 heteroatoms. The number of aryl methyl sites for hydroxylation is 2. The maximum atomic E-state index is 13.8. The molecule has 0 saturated heterocycles. The van der Waals surface area contributed by atoms with Crippen molar-refractivity contribution in [2.24, 2.45) is 0 Å². The van der Waals surface area contributed by atoms with Crippen molar-refractivity contribution in [1.29, 1.82) is 0 Å². The first-order valence-electron chi connectivity index (χ1n) is 17.1. The number of rotatable bonds is 12. The molecule has 0 aliphatic heterocycles. The van der Waals surface area contributed by atoms with Crippen molar-refractivity contribution in [3.05, 3.63) is 117 Å². The van der Waals surface area contributed by atoms with Crippen LogP contribution in [0.3, 0.4) is 0 Å². The lowest BCUT2D eigenvalue weighted by Crippen LogP contribution is -2.00. The lowest BCUT2D eigenvalue weighted by atomic mass is 10.0. The third kappa shape index (κ3) is 5.52.